The van der Waals surface area contributed by atoms with Gasteiger partial charge in [-0.3, -0.25) is 0 Å². The summed E-state index contributed by atoms with van der Waals surface area (Å²) in [6, 6.07) is 0. The molecule has 0 aliphatic heterocycles. The fourth-order valence-electron chi connectivity index (χ4n) is 1.14. The number of thiazole rings is 1. The quantitative estimate of drug-likeness (QED) is 0.478. The highest BCUT2D eigenvalue weighted by Gasteiger charge is 2.25. The molecule has 2 N–H and O–H groups in total. The molecule has 10 heteroatoms. The van der Waals surface area contributed by atoms with Crippen LogP contribution in [0.25, 0.3) is 0 Å². The van der Waals surface area contributed by atoms with Crippen molar-refractivity contribution in [3.63, 3.8) is 0 Å². The summed E-state index contributed by atoms with van der Waals surface area (Å²) in [4.78, 5) is 15.0. The first kappa shape index (κ1) is 16.0. The topological polar surface area (TPSA) is 115 Å². The number of rotatable bonds is 8. The number of aromatic nitrogens is 1. The minimum absolute atomic E-state index is 0.0286. The van der Waals surface area contributed by atoms with E-state index in [1.807, 2.05) is 0 Å². The Kier molecular flexibility index (Phi) is 6.31. The molecule has 1 rings (SSSR count). The van der Waals surface area contributed by atoms with Gasteiger partial charge >= 0.3 is 5.97 Å². The Labute approximate surface area is 114 Å². The van der Waals surface area contributed by atoms with Crippen molar-refractivity contribution in [2.75, 3.05) is 33.5 Å². The van der Waals surface area contributed by atoms with E-state index in [1.165, 1.54) is 5.51 Å². The second-order valence-corrected chi connectivity index (χ2v) is 6.03. The van der Waals surface area contributed by atoms with E-state index in [0.29, 0.717) is 0 Å². The van der Waals surface area contributed by atoms with E-state index in [2.05, 4.69) is 14.4 Å². The first-order valence-electron chi connectivity index (χ1n) is 5.23. The molecule has 0 bridgehead atoms. The number of nitrogens with one attached hydrogen (secondary N) is 1. The molecule has 0 saturated carbocycles. The highest BCUT2D eigenvalue weighted by molar-refractivity contribution is 7.91. The SMILES string of the molecule is COC(=O)c1ncsc1S(=O)(=O)NCCOCCO. The van der Waals surface area contributed by atoms with Gasteiger partial charge in [0.15, 0.2) is 9.90 Å². The lowest BCUT2D eigenvalue weighted by atomic mass is 10.5. The summed E-state index contributed by atoms with van der Waals surface area (Å²) < 4.78 is 35.3. The monoisotopic (exact) mass is 310 g/mol. The van der Waals surface area contributed by atoms with Gasteiger partial charge in [0.1, 0.15) is 0 Å². The zero-order valence-electron chi connectivity index (χ0n) is 10.2. The van der Waals surface area contributed by atoms with E-state index in [0.717, 1.165) is 18.4 Å². The summed E-state index contributed by atoms with van der Waals surface area (Å²) in [6.07, 6.45) is 0. The van der Waals surface area contributed by atoms with Gasteiger partial charge < -0.3 is 14.6 Å². The third-order valence-corrected chi connectivity index (χ3v) is 4.76. The molecule has 0 spiro atoms. The van der Waals surface area contributed by atoms with Gasteiger partial charge in [-0.1, -0.05) is 0 Å². The van der Waals surface area contributed by atoms with Crippen molar-refractivity contribution >= 4 is 27.3 Å². The van der Waals surface area contributed by atoms with Gasteiger partial charge in [0.25, 0.3) is 10.0 Å². The Morgan fingerprint density at radius 2 is 2.26 bits per heavy atom. The summed E-state index contributed by atoms with van der Waals surface area (Å²) in [5.74, 6) is -0.807. The number of methoxy groups -OCH3 is 1. The van der Waals surface area contributed by atoms with Crippen molar-refractivity contribution in [3.05, 3.63) is 11.2 Å². The molecule has 8 nitrogen and oxygen atoms in total. The summed E-state index contributed by atoms with van der Waals surface area (Å²) in [5, 5.41) is 8.48. The molecule has 0 aliphatic rings. The van der Waals surface area contributed by atoms with Crippen molar-refractivity contribution in [1.29, 1.82) is 0 Å². The van der Waals surface area contributed by atoms with Crippen LogP contribution in [0.5, 0.6) is 0 Å². The molecule has 0 atom stereocenters. The average molecular weight is 310 g/mol. The summed E-state index contributed by atoms with van der Waals surface area (Å²) >= 11 is 0.825. The van der Waals surface area contributed by atoms with Gasteiger partial charge in [-0.05, 0) is 0 Å². The largest absolute Gasteiger partial charge is 0.464 e. The van der Waals surface area contributed by atoms with Crippen molar-refractivity contribution in [1.82, 2.24) is 9.71 Å². The predicted molar refractivity (Wildman–Crippen MR) is 66.5 cm³/mol. The van der Waals surface area contributed by atoms with Crippen LogP contribution in [0.15, 0.2) is 9.72 Å². The molecule has 0 aliphatic carbocycles. The second-order valence-electron chi connectivity index (χ2n) is 3.21. The number of sulfonamides is 1. The van der Waals surface area contributed by atoms with Crippen LogP contribution in [-0.2, 0) is 19.5 Å². The highest BCUT2D eigenvalue weighted by Crippen LogP contribution is 2.20. The Hall–Kier alpha value is -1.07. The van der Waals surface area contributed by atoms with Crippen LogP contribution in [0.3, 0.4) is 0 Å². The maximum atomic E-state index is 11.9. The van der Waals surface area contributed by atoms with Gasteiger partial charge in [-0.2, -0.15) is 0 Å². The average Bonchev–Trinajstić information content (AvgIpc) is 2.87. The summed E-state index contributed by atoms with van der Waals surface area (Å²) in [7, 11) is -2.68. The van der Waals surface area contributed by atoms with Crippen LogP contribution in [0.1, 0.15) is 10.5 Å². The molecular weight excluding hydrogens is 296 g/mol. The van der Waals surface area contributed by atoms with Gasteiger partial charge in [0, 0.05) is 6.54 Å². The van der Waals surface area contributed by atoms with Gasteiger partial charge in [0.05, 0.1) is 32.4 Å². The Balaban J connectivity index is 2.67. The van der Waals surface area contributed by atoms with Gasteiger partial charge in [-0.15, -0.1) is 11.3 Å². The molecule has 0 fully saturated rings. The van der Waals surface area contributed by atoms with Crippen LogP contribution >= 0.6 is 11.3 Å². The fraction of sp³-hybridized carbons (Fsp3) is 0.556. The molecule has 0 amide bonds. The number of esters is 1. The number of aliphatic hydroxyl groups is 1. The maximum absolute atomic E-state index is 11.9. The third kappa shape index (κ3) is 4.51. The second kappa shape index (κ2) is 7.50. The highest BCUT2D eigenvalue weighted by atomic mass is 32.2. The molecule has 0 saturated heterocycles. The number of nitrogens with zero attached hydrogens (tertiary/aromatic N) is 1. The number of hydrogen-bond acceptors (Lipinski definition) is 8. The minimum Gasteiger partial charge on any atom is -0.464 e. The fourth-order valence-corrected chi connectivity index (χ4v) is 3.33. The predicted octanol–water partition coefficient (Wildman–Crippen LogP) is -0.783. The van der Waals surface area contributed by atoms with Crippen LogP contribution in [0.2, 0.25) is 0 Å². The van der Waals surface area contributed by atoms with Crippen molar-refractivity contribution in [2.24, 2.45) is 0 Å². The van der Waals surface area contributed by atoms with Crippen LogP contribution < -0.4 is 4.72 Å². The van der Waals surface area contributed by atoms with Crippen molar-refractivity contribution in [2.45, 2.75) is 4.21 Å². The molecule has 19 heavy (non-hydrogen) atoms. The van der Waals surface area contributed by atoms with E-state index in [1.54, 1.807) is 0 Å². The van der Waals surface area contributed by atoms with E-state index in [9.17, 15) is 13.2 Å². The smallest absolute Gasteiger partial charge is 0.358 e. The molecule has 1 aromatic heterocycles. The zero-order valence-corrected chi connectivity index (χ0v) is 11.8. The van der Waals surface area contributed by atoms with Crippen molar-refractivity contribution < 1.29 is 27.8 Å². The number of carbonyl (C=O) groups excluding carboxylic acids is 1. The van der Waals surface area contributed by atoms with Crippen LogP contribution in [-0.4, -0.2) is 58.0 Å². The van der Waals surface area contributed by atoms with Gasteiger partial charge in [-0.25, -0.2) is 22.9 Å². The summed E-state index contributed by atoms with van der Waals surface area (Å²) in [6.45, 7) is 0.150. The number of hydrogen-bond donors (Lipinski definition) is 2. The van der Waals surface area contributed by atoms with Crippen molar-refractivity contribution in [3.8, 4) is 0 Å². The van der Waals surface area contributed by atoms with Crippen LogP contribution in [0.4, 0.5) is 0 Å². The normalized spacial score (nSPS) is 11.5. The van der Waals surface area contributed by atoms with E-state index >= 15 is 0 Å². The van der Waals surface area contributed by atoms with Gasteiger partial charge in [0.2, 0.25) is 0 Å². The standard InChI is InChI=1S/C9H14N2O6S2/c1-16-8(13)7-9(18-6-10-7)19(14,15)11-2-4-17-5-3-12/h6,11-12H,2-5H2,1H3. The molecule has 0 unspecified atom stereocenters. The zero-order chi connectivity index (χ0) is 14.3. The van der Waals surface area contributed by atoms with E-state index in [4.69, 9.17) is 9.84 Å². The maximum Gasteiger partial charge on any atom is 0.358 e. The first-order valence-corrected chi connectivity index (χ1v) is 7.59. The lowest BCUT2D eigenvalue weighted by Crippen LogP contribution is -2.28. The Bertz CT molecular complexity index is 513. The van der Waals surface area contributed by atoms with E-state index in [-0.39, 0.29) is 36.3 Å². The third-order valence-electron chi connectivity index (χ3n) is 1.93. The Morgan fingerprint density at radius 1 is 1.53 bits per heavy atom. The molecular formula is C9H14N2O6S2. The molecule has 1 heterocycles. The van der Waals surface area contributed by atoms with E-state index < -0.39 is 16.0 Å². The lowest BCUT2D eigenvalue weighted by Gasteiger charge is -2.06. The Morgan fingerprint density at radius 3 is 2.89 bits per heavy atom. The number of ether oxygens (including phenoxy) is 2. The first-order chi connectivity index (χ1) is 9.03. The lowest BCUT2D eigenvalue weighted by molar-refractivity contribution is 0.0590. The number of carbonyl (C=O) groups is 1. The molecule has 0 aromatic carbocycles. The van der Waals surface area contributed by atoms with Crippen LogP contribution in [0, 0.1) is 0 Å². The molecule has 0 radical (unpaired) electrons. The summed E-state index contributed by atoms with van der Waals surface area (Å²) in [5.41, 5.74) is 1.01. The minimum atomic E-state index is -3.83. The number of aliphatic hydroxyl groups excluding tert-OH is 1. The molecule has 1 aromatic rings. The molecule has 108 valence electrons.